The summed E-state index contributed by atoms with van der Waals surface area (Å²) in [4.78, 5) is 16.3. The largest absolute Gasteiger partial charge is 0.326 e. The number of nitrogens with zero attached hydrogens (tertiary/aromatic N) is 1. The van der Waals surface area contributed by atoms with E-state index >= 15 is 0 Å². The van der Waals surface area contributed by atoms with Crippen molar-refractivity contribution in [2.45, 2.75) is 19.4 Å². The Morgan fingerprint density at radius 2 is 1.96 bits per heavy atom. The van der Waals surface area contributed by atoms with Gasteiger partial charge in [0.1, 0.15) is 11.6 Å². The summed E-state index contributed by atoms with van der Waals surface area (Å²) in [5.41, 5.74) is 0.819. The topological polar surface area (TPSA) is 36.1 Å². The van der Waals surface area contributed by atoms with Gasteiger partial charge in [0, 0.05) is 23.9 Å². The van der Waals surface area contributed by atoms with Crippen molar-refractivity contribution in [3.63, 3.8) is 0 Å². The number of likely N-dealkylation sites (tertiary alicyclic amines) is 1. The highest BCUT2D eigenvalue weighted by Crippen LogP contribution is 2.21. The van der Waals surface area contributed by atoms with Crippen LogP contribution in [0.4, 0.5) is 8.78 Å². The van der Waals surface area contributed by atoms with Gasteiger partial charge in [-0.2, -0.15) is 0 Å². The van der Waals surface area contributed by atoms with E-state index in [1.807, 2.05) is 12.1 Å². The van der Waals surface area contributed by atoms with Crippen LogP contribution in [0.25, 0.3) is 6.08 Å². The Morgan fingerprint density at radius 1 is 1.21 bits per heavy atom. The molecule has 5 heteroatoms. The molecule has 0 atom stereocenters. The van der Waals surface area contributed by atoms with Gasteiger partial charge in [0.2, 0.25) is 0 Å². The van der Waals surface area contributed by atoms with E-state index in [-0.39, 0.29) is 11.4 Å². The van der Waals surface area contributed by atoms with Gasteiger partial charge in [-0.15, -0.1) is 0 Å². The second-order valence-electron chi connectivity index (χ2n) is 6.17. The number of aromatic nitrogens is 1. The summed E-state index contributed by atoms with van der Waals surface area (Å²) >= 11 is 0. The highest BCUT2D eigenvalue weighted by Gasteiger charge is 2.18. The van der Waals surface area contributed by atoms with Gasteiger partial charge in [0.25, 0.3) is 5.56 Å². The van der Waals surface area contributed by atoms with Crippen LogP contribution in [0.15, 0.2) is 47.4 Å². The number of hydrogen-bond acceptors (Lipinski definition) is 2. The van der Waals surface area contributed by atoms with Crippen molar-refractivity contribution in [2.75, 3.05) is 13.1 Å². The molecule has 1 aliphatic heterocycles. The lowest BCUT2D eigenvalue weighted by molar-refractivity contribution is 0.195. The van der Waals surface area contributed by atoms with E-state index < -0.39 is 5.82 Å². The zero-order valence-corrected chi connectivity index (χ0v) is 13.3. The number of pyridine rings is 1. The maximum absolute atomic E-state index is 13.6. The average Bonchev–Trinajstić information content (AvgIpc) is 2.59. The Labute approximate surface area is 139 Å². The fourth-order valence-electron chi connectivity index (χ4n) is 3.01. The molecular weight excluding hydrogens is 310 g/mol. The predicted octanol–water partition coefficient (Wildman–Crippen LogP) is 3.58. The zero-order valence-electron chi connectivity index (χ0n) is 13.3. The first kappa shape index (κ1) is 16.6. The molecule has 3 rings (SSSR count). The van der Waals surface area contributed by atoms with Crippen LogP contribution < -0.4 is 5.56 Å². The lowest BCUT2D eigenvalue weighted by Crippen LogP contribution is -2.34. The fraction of sp³-hybridized carbons (Fsp3) is 0.316. The molecule has 0 saturated carbocycles. The Kier molecular flexibility index (Phi) is 5.20. The van der Waals surface area contributed by atoms with E-state index in [1.165, 1.54) is 12.1 Å². The first-order chi connectivity index (χ1) is 11.6. The third-order valence-electron chi connectivity index (χ3n) is 4.42. The number of piperidine rings is 1. The van der Waals surface area contributed by atoms with Gasteiger partial charge in [-0.05, 0) is 44.0 Å². The second kappa shape index (κ2) is 7.53. The first-order valence-corrected chi connectivity index (χ1v) is 8.14. The number of aromatic amines is 1. The Hall–Kier alpha value is -2.27. The minimum absolute atomic E-state index is 0.212. The number of hydrogen-bond donors (Lipinski definition) is 1. The molecule has 1 fully saturated rings. The van der Waals surface area contributed by atoms with Gasteiger partial charge in [-0.1, -0.05) is 30.4 Å². The molecule has 1 aliphatic rings. The van der Waals surface area contributed by atoms with Crippen LogP contribution in [0.3, 0.4) is 0 Å². The molecule has 0 amide bonds. The van der Waals surface area contributed by atoms with E-state index in [0.717, 1.165) is 32.1 Å². The lowest BCUT2D eigenvalue weighted by atomic mass is 9.95. The lowest BCUT2D eigenvalue weighted by Gasteiger charge is -2.30. The maximum Gasteiger partial charge on any atom is 0.252 e. The van der Waals surface area contributed by atoms with Gasteiger partial charge in [-0.3, -0.25) is 9.69 Å². The minimum atomic E-state index is -0.424. The van der Waals surface area contributed by atoms with Gasteiger partial charge >= 0.3 is 0 Å². The van der Waals surface area contributed by atoms with Crippen LogP contribution in [0, 0.1) is 17.6 Å². The quantitative estimate of drug-likeness (QED) is 0.930. The maximum atomic E-state index is 13.6. The zero-order chi connectivity index (χ0) is 16.9. The van der Waals surface area contributed by atoms with E-state index in [9.17, 15) is 13.6 Å². The van der Waals surface area contributed by atoms with Gasteiger partial charge in [-0.25, -0.2) is 8.78 Å². The van der Waals surface area contributed by atoms with Crippen LogP contribution in [-0.2, 0) is 6.54 Å². The van der Waals surface area contributed by atoms with Gasteiger partial charge in [0.15, 0.2) is 0 Å². The minimum Gasteiger partial charge on any atom is -0.326 e. The van der Waals surface area contributed by atoms with Crippen molar-refractivity contribution in [3.05, 3.63) is 75.7 Å². The van der Waals surface area contributed by atoms with Crippen molar-refractivity contribution in [1.29, 1.82) is 0 Å². The molecule has 1 saturated heterocycles. The van der Waals surface area contributed by atoms with E-state index in [1.54, 1.807) is 12.1 Å². The standard InChI is InChI=1S/C19H20F2N2O/c20-17-11-16(19(24)22-12-17)13-23-9-7-14(8-10-23)5-6-15-3-1-2-4-18(15)21/h1-6,11-12,14H,7-10,13H2,(H,22,24)/b6-5+. The molecular formula is C19H20F2N2O. The number of nitrogens with one attached hydrogen (secondary N) is 1. The van der Waals surface area contributed by atoms with Crippen LogP contribution in [-0.4, -0.2) is 23.0 Å². The number of H-pyrrole nitrogens is 1. The van der Waals surface area contributed by atoms with Crippen LogP contribution in [0.1, 0.15) is 24.0 Å². The second-order valence-corrected chi connectivity index (χ2v) is 6.17. The highest BCUT2D eigenvalue weighted by atomic mass is 19.1. The molecule has 1 aromatic heterocycles. The molecule has 126 valence electrons. The number of halogens is 2. The summed E-state index contributed by atoms with van der Waals surface area (Å²) in [5.74, 6) is -0.240. The molecule has 24 heavy (non-hydrogen) atoms. The van der Waals surface area contributed by atoms with Crippen LogP contribution in [0.5, 0.6) is 0 Å². The predicted molar refractivity (Wildman–Crippen MR) is 90.5 cm³/mol. The van der Waals surface area contributed by atoms with Crippen molar-refractivity contribution >= 4 is 6.08 Å². The Morgan fingerprint density at radius 3 is 2.71 bits per heavy atom. The normalized spacial score (nSPS) is 16.8. The monoisotopic (exact) mass is 330 g/mol. The number of rotatable bonds is 4. The van der Waals surface area contributed by atoms with E-state index in [2.05, 4.69) is 16.0 Å². The molecule has 0 spiro atoms. The SMILES string of the molecule is O=c1[nH]cc(F)cc1CN1CCC(/C=C/c2ccccc2F)CC1. The Balaban J connectivity index is 1.55. The summed E-state index contributed by atoms with van der Waals surface area (Å²) in [6.07, 6.45) is 6.86. The van der Waals surface area contributed by atoms with Crippen molar-refractivity contribution in [1.82, 2.24) is 9.88 Å². The van der Waals surface area contributed by atoms with Crippen molar-refractivity contribution in [3.8, 4) is 0 Å². The molecule has 0 radical (unpaired) electrons. The fourth-order valence-corrected chi connectivity index (χ4v) is 3.01. The number of benzene rings is 1. The third-order valence-corrected chi connectivity index (χ3v) is 4.42. The molecule has 0 bridgehead atoms. The summed E-state index contributed by atoms with van der Waals surface area (Å²) in [5, 5.41) is 0. The van der Waals surface area contributed by atoms with E-state index in [4.69, 9.17) is 0 Å². The van der Waals surface area contributed by atoms with Crippen molar-refractivity contribution < 1.29 is 8.78 Å². The summed E-state index contributed by atoms with van der Waals surface area (Å²) in [6.45, 7) is 2.13. The highest BCUT2D eigenvalue weighted by molar-refractivity contribution is 5.50. The van der Waals surface area contributed by atoms with E-state index in [0.29, 0.717) is 23.6 Å². The molecule has 1 aromatic carbocycles. The van der Waals surface area contributed by atoms with Crippen LogP contribution in [0.2, 0.25) is 0 Å². The van der Waals surface area contributed by atoms with Crippen molar-refractivity contribution in [2.24, 2.45) is 5.92 Å². The average molecular weight is 330 g/mol. The first-order valence-electron chi connectivity index (χ1n) is 8.14. The summed E-state index contributed by atoms with van der Waals surface area (Å²) < 4.78 is 26.8. The molecule has 0 aliphatic carbocycles. The molecule has 2 aromatic rings. The van der Waals surface area contributed by atoms with Gasteiger partial charge in [0.05, 0.1) is 0 Å². The molecule has 0 unspecified atom stereocenters. The molecule has 2 heterocycles. The Bertz CT molecular complexity index is 777. The smallest absolute Gasteiger partial charge is 0.252 e. The number of allylic oxidation sites excluding steroid dienone is 1. The van der Waals surface area contributed by atoms with Gasteiger partial charge < -0.3 is 4.98 Å². The third kappa shape index (κ3) is 4.17. The van der Waals surface area contributed by atoms with Crippen LogP contribution >= 0.6 is 0 Å². The summed E-state index contributed by atoms with van der Waals surface area (Å²) in [6, 6.07) is 8.01. The molecule has 3 nitrogen and oxygen atoms in total. The summed E-state index contributed by atoms with van der Waals surface area (Å²) in [7, 11) is 0. The molecule has 1 N–H and O–H groups in total.